The molecule has 1 N–H and O–H groups in total. The molecule has 0 aromatic heterocycles. The van der Waals surface area contributed by atoms with Crippen LogP contribution >= 0.6 is 0 Å². The molecule has 0 bridgehead atoms. The van der Waals surface area contributed by atoms with Crippen molar-refractivity contribution in [3.63, 3.8) is 0 Å². The number of anilines is 2. The van der Waals surface area contributed by atoms with E-state index in [0.29, 0.717) is 12.5 Å². The van der Waals surface area contributed by atoms with E-state index >= 15 is 0 Å². The zero-order chi connectivity index (χ0) is 17.2. The fourth-order valence-electron chi connectivity index (χ4n) is 4.02. The van der Waals surface area contributed by atoms with Gasteiger partial charge >= 0.3 is 0 Å². The number of nitrogens with zero attached hydrogens (tertiary/aromatic N) is 2. The quantitative estimate of drug-likeness (QED) is 0.937. The average Bonchev–Trinajstić information content (AvgIpc) is 3.02. The van der Waals surface area contributed by atoms with Crippen molar-refractivity contribution in [2.75, 3.05) is 31.1 Å². The summed E-state index contributed by atoms with van der Waals surface area (Å²) in [5.41, 5.74) is 4.47. The number of likely N-dealkylation sites (tertiary alicyclic amines) is 1. The van der Waals surface area contributed by atoms with E-state index in [1.165, 1.54) is 11.1 Å². The molecule has 1 saturated heterocycles. The van der Waals surface area contributed by atoms with Gasteiger partial charge in [-0.1, -0.05) is 36.4 Å². The van der Waals surface area contributed by atoms with Gasteiger partial charge in [-0.15, -0.1) is 0 Å². The molecule has 0 aliphatic carbocycles. The summed E-state index contributed by atoms with van der Waals surface area (Å²) < 4.78 is 0. The number of aliphatic hydroxyl groups is 1. The number of aliphatic hydroxyl groups excluding tert-OH is 1. The van der Waals surface area contributed by atoms with Crippen LogP contribution in [0.4, 0.5) is 11.4 Å². The first-order valence-corrected chi connectivity index (χ1v) is 9.08. The molecule has 2 aromatic rings. The van der Waals surface area contributed by atoms with Crippen molar-refractivity contribution < 1.29 is 9.90 Å². The summed E-state index contributed by atoms with van der Waals surface area (Å²) in [5, 5.41) is 9.34. The second-order valence-corrected chi connectivity index (χ2v) is 7.06. The van der Waals surface area contributed by atoms with Gasteiger partial charge in [-0.25, -0.2) is 0 Å². The molecular formula is C21H24N2O2. The molecule has 1 amide bonds. The third-order valence-corrected chi connectivity index (χ3v) is 5.37. The van der Waals surface area contributed by atoms with E-state index in [0.717, 1.165) is 43.7 Å². The van der Waals surface area contributed by atoms with E-state index in [1.807, 2.05) is 29.2 Å². The number of aryl methyl sites for hydroxylation is 2. The molecule has 4 rings (SSSR count). The Morgan fingerprint density at radius 1 is 1.00 bits per heavy atom. The van der Waals surface area contributed by atoms with Gasteiger partial charge in [0.15, 0.2) is 0 Å². The first-order chi connectivity index (χ1) is 12.3. The number of rotatable bonds is 3. The summed E-state index contributed by atoms with van der Waals surface area (Å²) in [5.74, 6) is 0.414. The topological polar surface area (TPSA) is 43.8 Å². The minimum absolute atomic E-state index is 0.111. The van der Waals surface area contributed by atoms with Crippen molar-refractivity contribution >= 4 is 17.3 Å². The number of hydrogen-bond acceptors (Lipinski definition) is 3. The Kier molecular flexibility index (Phi) is 4.55. The molecular weight excluding hydrogens is 312 g/mol. The summed E-state index contributed by atoms with van der Waals surface area (Å²) in [6.45, 7) is 2.30. The number of carbonyl (C=O) groups excluding carboxylic acids is 1. The molecule has 0 saturated carbocycles. The van der Waals surface area contributed by atoms with Crippen LogP contribution in [-0.2, 0) is 17.6 Å². The first-order valence-electron chi connectivity index (χ1n) is 9.08. The first kappa shape index (κ1) is 16.3. The maximum Gasteiger partial charge on any atom is 0.245 e. The number of hydrogen-bond donors (Lipinski definition) is 1. The van der Waals surface area contributed by atoms with Gasteiger partial charge in [-0.05, 0) is 55.0 Å². The number of fused-ring (bicyclic) bond motifs is 2. The van der Waals surface area contributed by atoms with Crippen LogP contribution in [0.3, 0.4) is 0 Å². The monoisotopic (exact) mass is 336 g/mol. The van der Waals surface area contributed by atoms with Crippen LogP contribution in [-0.4, -0.2) is 42.2 Å². The zero-order valence-electron chi connectivity index (χ0n) is 14.4. The second kappa shape index (κ2) is 6.98. The highest BCUT2D eigenvalue weighted by Gasteiger charge is 2.29. The van der Waals surface area contributed by atoms with Gasteiger partial charge in [0.05, 0.1) is 17.9 Å². The lowest BCUT2D eigenvalue weighted by molar-refractivity contribution is -0.118. The Morgan fingerprint density at radius 2 is 1.60 bits per heavy atom. The van der Waals surface area contributed by atoms with Crippen LogP contribution in [0.25, 0.3) is 0 Å². The van der Waals surface area contributed by atoms with E-state index in [4.69, 9.17) is 0 Å². The van der Waals surface area contributed by atoms with Crippen LogP contribution in [0.5, 0.6) is 0 Å². The predicted octanol–water partition coefficient (Wildman–Crippen LogP) is 2.76. The molecule has 1 fully saturated rings. The number of benzene rings is 2. The van der Waals surface area contributed by atoms with Crippen molar-refractivity contribution in [1.82, 2.24) is 4.90 Å². The lowest BCUT2D eigenvalue weighted by Gasteiger charge is -2.27. The third kappa shape index (κ3) is 3.20. The average molecular weight is 336 g/mol. The summed E-state index contributed by atoms with van der Waals surface area (Å²) in [6, 6.07) is 16.5. The molecule has 0 unspecified atom stereocenters. The van der Waals surface area contributed by atoms with Crippen LogP contribution in [0, 0.1) is 5.92 Å². The Balaban J connectivity index is 1.66. The summed E-state index contributed by atoms with van der Waals surface area (Å²) in [4.78, 5) is 17.3. The second-order valence-electron chi connectivity index (χ2n) is 7.06. The van der Waals surface area contributed by atoms with E-state index < -0.39 is 0 Å². The van der Waals surface area contributed by atoms with Crippen molar-refractivity contribution in [2.45, 2.75) is 19.3 Å². The number of carbonyl (C=O) groups is 1. The minimum atomic E-state index is 0.111. The summed E-state index contributed by atoms with van der Waals surface area (Å²) in [6.07, 6.45) is 2.87. The smallest absolute Gasteiger partial charge is 0.245 e. The third-order valence-electron chi connectivity index (χ3n) is 5.37. The Bertz CT molecular complexity index is 726. The van der Waals surface area contributed by atoms with E-state index in [9.17, 15) is 9.90 Å². The molecule has 1 atom stereocenters. The predicted molar refractivity (Wildman–Crippen MR) is 99.1 cm³/mol. The fraction of sp³-hybridized carbons (Fsp3) is 0.381. The highest BCUT2D eigenvalue weighted by atomic mass is 16.3. The Hall–Kier alpha value is -2.17. The Morgan fingerprint density at radius 3 is 2.16 bits per heavy atom. The Labute approximate surface area is 148 Å². The largest absolute Gasteiger partial charge is 0.396 e. The highest BCUT2D eigenvalue weighted by molar-refractivity contribution is 6.03. The molecule has 4 nitrogen and oxygen atoms in total. The molecule has 130 valence electrons. The zero-order valence-corrected chi connectivity index (χ0v) is 14.4. The maximum absolute atomic E-state index is 13.2. The van der Waals surface area contributed by atoms with Gasteiger partial charge in [-0.2, -0.15) is 0 Å². The van der Waals surface area contributed by atoms with E-state index in [-0.39, 0.29) is 12.5 Å². The van der Waals surface area contributed by atoms with Gasteiger partial charge in [0.1, 0.15) is 0 Å². The fourth-order valence-corrected chi connectivity index (χ4v) is 4.02. The molecule has 0 radical (unpaired) electrons. The lowest BCUT2D eigenvalue weighted by atomic mass is 10.0. The van der Waals surface area contributed by atoms with E-state index in [1.54, 1.807) is 0 Å². The number of amides is 1. The highest BCUT2D eigenvalue weighted by Crippen LogP contribution is 2.36. The number of para-hydroxylation sites is 2. The van der Waals surface area contributed by atoms with Gasteiger partial charge in [0.25, 0.3) is 0 Å². The molecule has 2 heterocycles. The molecule has 25 heavy (non-hydrogen) atoms. The van der Waals surface area contributed by atoms with Crippen molar-refractivity contribution in [1.29, 1.82) is 0 Å². The molecule has 2 aromatic carbocycles. The van der Waals surface area contributed by atoms with Crippen LogP contribution in [0.2, 0.25) is 0 Å². The standard InChI is InChI=1S/C21H24N2O2/c24-15-16-11-12-22(13-16)14-21(25)23-19-7-3-1-5-17(19)9-10-18-6-2-4-8-20(18)23/h1-8,16,24H,9-15H2/t16-/m1/s1. The van der Waals surface area contributed by atoms with Crippen LogP contribution in [0.15, 0.2) is 48.5 Å². The van der Waals surface area contributed by atoms with Crippen LogP contribution < -0.4 is 4.90 Å². The lowest BCUT2D eigenvalue weighted by Crippen LogP contribution is -2.37. The van der Waals surface area contributed by atoms with Crippen molar-refractivity contribution in [3.05, 3.63) is 59.7 Å². The minimum Gasteiger partial charge on any atom is -0.396 e. The SMILES string of the molecule is O=C(CN1CC[C@@H](CO)C1)N1c2ccccc2CCc2ccccc21. The van der Waals surface area contributed by atoms with Crippen molar-refractivity contribution in [3.8, 4) is 0 Å². The van der Waals surface area contributed by atoms with Gasteiger partial charge in [0, 0.05) is 13.2 Å². The molecule has 4 heteroatoms. The van der Waals surface area contributed by atoms with Gasteiger partial charge < -0.3 is 5.11 Å². The molecule has 0 spiro atoms. The summed E-state index contributed by atoms with van der Waals surface area (Å²) >= 11 is 0. The normalized spacial score (nSPS) is 20.0. The van der Waals surface area contributed by atoms with E-state index in [2.05, 4.69) is 29.2 Å². The molecule has 2 aliphatic heterocycles. The molecule has 2 aliphatic rings. The van der Waals surface area contributed by atoms with Crippen LogP contribution in [0.1, 0.15) is 17.5 Å². The van der Waals surface area contributed by atoms with Crippen molar-refractivity contribution in [2.24, 2.45) is 5.92 Å². The summed E-state index contributed by atoms with van der Waals surface area (Å²) in [7, 11) is 0. The van der Waals surface area contributed by atoms with Gasteiger partial charge in [-0.3, -0.25) is 14.6 Å². The maximum atomic E-state index is 13.2. The van der Waals surface area contributed by atoms with Gasteiger partial charge in [0.2, 0.25) is 5.91 Å².